The van der Waals surface area contributed by atoms with Gasteiger partial charge in [-0.25, -0.2) is 4.98 Å². The lowest BCUT2D eigenvalue weighted by Gasteiger charge is -2.19. The Hall–Kier alpha value is -7.61. The summed E-state index contributed by atoms with van der Waals surface area (Å²) in [6, 6.07) is 81.4. The fourth-order valence-electron chi connectivity index (χ4n) is 8.74. The van der Waals surface area contributed by atoms with Crippen LogP contribution in [-0.4, -0.2) is 4.98 Å². The summed E-state index contributed by atoms with van der Waals surface area (Å²) in [4.78, 5) is 5.20. The highest BCUT2D eigenvalue weighted by atomic mass is 14.7. The zero-order valence-electron chi connectivity index (χ0n) is 31.8. The molecule has 0 saturated heterocycles. The van der Waals surface area contributed by atoms with Crippen molar-refractivity contribution in [3.63, 3.8) is 0 Å². The van der Waals surface area contributed by atoms with Crippen molar-refractivity contribution >= 4 is 43.1 Å². The van der Waals surface area contributed by atoms with Gasteiger partial charge in [0.2, 0.25) is 0 Å². The summed E-state index contributed by atoms with van der Waals surface area (Å²) in [5, 5.41) is 9.96. The van der Waals surface area contributed by atoms with Gasteiger partial charge in [0.25, 0.3) is 0 Å². The van der Waals surface area contributed by atoms with Crippen molar-refractivity contribution in [2.45, 2.75) is 0 Å². The van der Waals surface area contributed by atoms with Crippen molar-refractivity contribution in [1.29, 1.82) is 0 Å². The van der Waals surface area contributed by atoms with Crippen molar-refractivity contribution < 1.29 is 0 Å². The van der Waals surface area contributed by atoms with Crippen LogP contribution in [0, 0.1) is 0 Å². The molecule has 1 heteroatoms. The summed E-state index contributed by atoms with van der Waals surface area (Å²) in [7, 11) is 0. The molecular formula is C57H37N. The van der Waals surface area contributed by atoms with Gasteiger partial charge in [0.15, 0.2) is 0 Å². The number of hydrogen-bond acceptors (Lipinski definition) is 1. The first-order valence-corrected chi connectivity index (χ1v) is 19.9. The van der Waals surface area contributed by atoms with Gasteiger partial charge in [0, 0.05) is 11.1 Å². The topological polar surface area (TPSA) is 12.9 Å². The highest BCUT2D eigenvalue weighted by molar-refractivity contribution is 6.22. The van der Waals surface area contributed by atoms with E-state index in [1.54, 1.807) is 0 Å². The Kier molecular flexibility index (Phi) is 8.23. The molecule has 58 heavy (non-hydrogen) atoms. The first kappa shape index (κ1) is 33.7. The summed E-state index contributed by atoms with van der Waals surface area (Å²) in [5.74, 6) is 0. The van der Waals surface area contributed by atoms with Gasteiger partial charge in [-0.2, -0.15) is 0 Å². The van der Waals surface area contributed by atoms with E-state index in [0.29, 0.717) is 0 Å². The van der Waals surface area contributed by atoms with E-state index in [0.717, 1.165) is 33.6 Å². The van der Waals surface area contributed by atoms with E-state index in [9.17, 15) is 0 Å². The zero-order chi connectivity index (χ0) is 38.4. The van der Waals surface area contributed by atoms with Crippen LogP contribution in [0.15, 0.2) is 224 Å². The molecule has 0 aliphatic heterocycles. The van der Waals surface area contributed by atoms with Crippen LogP contribution in [0.25, 0.3) is 110 Å². The molecule has 0 aliphatic carbocycles. The molecule has 11 rings (SSSR count). The van der Waals surface area contributed by atoms with Gasteiger partial charge in [0.1, 0.15) is 0 Å². The molecule has 1 nitrogen and oxygen atoms in total. The van der Waals surface area contributed by atoms with Crippen molar-refractivity contribution in [3.8, 4) is 67.0 Å². The maximum absolute atomic E-state index is 5.20. The molecule has 0 atom stereocenters. The minimum Gasteiger partial charge on any atom is -0.248 e. The number of pyridine rings is 1. The van der Waals surface area contributed by atoms with Crippen LogP contribution in [-0.2, 0) is 0 Å². The monoisotopic (exact) mass is 735 g/mol. The number of rotatable bonds is 6. The molecule has 0 amide bonds. The van der Waals surface area contributed by atoms with E-state index in [1.165, 1.54) is 76.5 Å². The molecule has 0 fully saturated rings. The second kappa shape index (κ2) is 14.2. The van der Waals surface area contributed by atoms with Crippen LogP contribution >= 0.6 is 0 Å². The Morgan fingerprint density at radius 3 is 1.19 bits per heavy atom. The molecule has 10 aromatic carbocycles. The lowest BCUT2D eigenvalue weighted by Crippen LogP contribution is -1.92. The summed E-state index contributed by atoms with van der Waals surface area (Å²) in [5.41, 5.74) is 13.7. The standard InChI is InChI=1S/C57H37N/c1-3-13-38(14-4-1)49-36-54(42-17-5-2-6-18-42)58-55(37-49)43-27-23-41(24-28-43)46-31-32-52-53(35-46)57(48-30-26-40-16-8-10-20-45(40)34-48)51-22-12-11-21-50(51)56(52)47-29-25-39-15-7-9-19-44(39)33-47/h1-37H. The lowest BCUT2D eigenvalue weighted by molar-refractivity contribution is 1.32. The summed E-state index contributed by atoms with van der Waals surface area (Å²) >= 11 is 0. The Morgan fingerprint density at radius 2 is 0.603 bits per heavy atom. The lowest BCUT2D eigenvalue weighted by atomic mass is 9.84. The smallest absolute Gasteiger partial charge is 0.0715 e. The summed E-state index contributed by atoms with van der Waals surface area (Å²) in [6.07, 6.45) is 0. The van der Waals surface area contributed by atoms with Gasteiger partial charge >= 0.3 is 0 Å². The molecule has 0 bridgehead atoms. The molecule has 1 heterocycles. The van der Waals surface area contributed by atoms with Crippen molar-refractivity contribution in [3.05, 3.63) is 224 Å². The number of hydrogen-bond donors (Lipinski definition) is 0. The van der Waals surface area contributed by atoms with Gasteiger partial charge in [-0.3, -0.25) is 0 Å². The average Bonchev–Trinajstić information content (AvgIpc) is 3.30. The van der Waals surface area contributed by atoms with E-state index >= 15 is 0 Å². The molecule has 11 aromatic rings. The first-order valence-electron chi connectivity index (χ1n) is 19.9. The van der Waals surface area contributed by atoms with Gasteiger partial charge in [0.05, 0.1) is 11.4 Å². The Balaban J connectivity index is 1.09. The fraction of sp³-hybridized carbons (Fsp3) is 0. The Bertz CT molecular complexity index is 3250. The summed E-state index contributed by atoms with van der Waals surface area (Å²) in [6.45, 7) is 0. The molecule has 0 spiro atoms. The number of fused-ring (bicyclic) bond motifs is 4. The van der Waals surface area contributed by atoms with Gasteiger partial charge in [-0.15, -0.1) is 0 Å². The Labute approximate surface area is 338 Å². The molecular weight excluding hydrogens is 699 g/mol. The molecule has 0 unspecified atom stereocenters. The van der Waals surface area contributed by atoms with E-state index < -0.39 is 0 Å². The SMILES string of the molecule is c1ccc(-c2cc(-c3ccccc3)nc(-c3ccc(-c4ccc5c(-c6ccc7ccccc7c6)c6ccccc6c(-c6ccc7ccccc7c6)c5c4)cc3)c2)cc1. The van der Waals surface area contributed by atoms with Crippen LogP contribution in [0.1, 0.15) is 0 Å². The van der Waals surface area contributed by atoms with Crippen molar-refractivity contribution in [2.24, 2.45) is 0 Å². The van der Waals surface area contributed by atoms with Crippen LogP contribution < -0.4 is 0 Å². The predicted octanol–water partition coefficient (Wildman–Crippen LogP) is 15.7. The van der Waals surface area contributed by atoms with Gasteiger partial charge in [-0.1, -0.05) is 194 Å². The zero-order valence-corrected chi connectivity index (χ0v) is 31.8. The van der Waals surface area contributed by atoms with Crippen LogP contribution in [0.3, 0.4) is 0 Å². The minimum atomic E-state index is 0.954. The second-order valence-electron chi connectivity index (χ2n) is 15.1. The van der Waals surface area contributed by atoms with Crippen LogP contribution in [0.4, 0.5) is 0 Å². The van der Waals surface area contributed by atoms with E-state index in [2.05, 4.69) is 224 Å². The van der Waals surface area contributed by atoms with Gasteiger partial charge in [-0.05, 0) is 118 Å². The third kappa shape index (κ3) is 6.02. The third-order valence-corrected chi connectivity index (χ3v) is 11.6. The predicted molar refractivity (Wildman–Crippen MR) is 247 cm³/mol. The molecule has 0 aliphatic rings. The third-order valence-electron chi connectivity index (χ3n) is 11.6. The summed E-state index contributed by atoms with van der Waals surface area (Å²) < 4.78 is 0. The first-order chi connectivity index (χ1) is 28.7. The van der Waals surface area contributed by atoms with Crippen molar-refractivity contribution in [2.75, 3.05) is 0 Å². The van der Waals surface area contributed by atoms with E-state index in [4.69, 9.17) is 4.98 Å². The van der Waals surface area contributed by atoms with Gasteiger partial charge < -0.3 is 0 Å². The maximum atomic E-state index is 5.20. The molecule has 0 radical (unpaired) electrons. The maximum Gasteiger partial charge on any atom is 0.0715 e. The van der Waals surface area contributed by atoms with Crippen LogP contribution in [0.5, 0.6) is 0 Å². The molecule has 1 aromatic heterocycles. The molecule has 0 saturated carbocycles. The molecule has 270 valence electrons. The number of benzene rings is 10. The highest BCUT2D eigenvalue weighted by Crippen LogP contribution is 2.46. The number of nitrogens with zero attached hydrogens (tertiary/aromatic N) is 1. The molecule has 0 N–H and O–H groups in total. The average molecular weight is 736 g/mol. The van der Waals surface area contributed by atoms with Crippen LogP contribution in [0.2, 0.25) is 0 Å². The Morgan fingerprint density at radius 1 is 0.207 bits per heavy atom. The second-order valence-corrected chi connectivity index (χ2v) is 15.1. The largest absolute Gasteiger partial charge is 0.248 e. The minimum absolute atomic E-state index is 0.954. The number of aromatic nitrogens is 1. The van der Waals surface area contributed by atoms with Crippen molar-refractivity contribution in [1.82, 2.24) is 4.98 Å². The van der Waals surface area contributed by atoms with E-state index in [-0.39, 0.29) is 0 Å². The van der Waals surface area contributed by atoms with E-state index in [1.807, 2.05) is 0 Å². The quantitative estimate of drug-likeness (QED) is 0.155. The highest BCUT2D eigenvalue weighted by Gasteiger charge is 2.18. The fourth-order valence-corrected chi connectivity index (χ4v) is 8.74. The normalized spacial score (nSPS) is 11.4.